The third-order valence-electron chi connectivity index (χ3n) is 2.99. The number of hydrogen-bond acceptors (Lipinski definition) is 2. The molecule has 0 bridgehead atoms. The van der Waals surface area contributed by atoms with Crippen LogP contribution in [0.4, 0.5) is 0 Å². The summed E-state index contributed by atoms with van der Waals surface area (Å²) in [4.78, 5) is 0. The summed E-state index contributed by atoms with van der Waals surface area (Å²) >= 11 is 5.98. The zero-order valence-electron chi connectivity index (χ0n) is 11.5. The Bertz CT molecular complexity index is 638. The van der Waals surface area contributed by atoms with E-state index in [1.54, 1.807) is 18.2 Å². The monoisotopic (exact) mass is 288 g/mol. The molecular weight excluding hydrogens is 272 g/mol. The average Bonchev–Trinajstić information content (AvgIpc) is 2.38. The fourth-order valence-corrected chi connectivity index (χ4v) is 2.03. The number of halogens is 1. The Labute approximate surface area is 123 Å². The molecule has 0 aromatic heterocycles. The first kappa shape index (κ1) is 14.4. The Hall–Kier alpha value is -2.00. The predicted molar refractivity (Wildman–Crippen MR) is 83.1 cm³/mol. The second-order valence-electron chi connectivity index (χ2n) is 4.88. The molecular formula is C16H17ClN2O. The van der Waals surface area contributed by atoms with E-state index < -0.39 is 0 Å². The molecule has 0 saturated heterocycles. The van der Waals surface area contributed by atoms with Crippen molar-refractivity contribution < 1.29 is 4.74 Å². The molecule has 0 saturated carbocycles. The summed E-state index contributed by atoms with van der Waals surface area (Å²) in [5, 5.41) is 8.12. The fraction of sp³-hybridized carbons (Fsp3) is 0.188. The zero-order valence-corrected chi connectivity index (χ0v) is 12.2. The summed E-state index contributed by atoms with van der Waals surface area (Å²) in [5.74, 6) is 1.58. The lowest BCUT2D eigenvalue weighted by atomic mass is 10.0. The van der Waals surface area contributed by atoms with Gasteiger partial charge in [-0.25, -0.2) is 0 Å². The van der Waals surface area contributed by atoms with Gasteiger partial charge in [0.05, 0.1) is 5.56 Å². The zero-order chi connectivity index (χ0) is 14.7. The van der Waals surface area contributed by atoms with Crippen LogP contribution in [0.25, 0.3) is 0 Å². The van der Waals surface area contributed by atoms with Gasteiger partial charge in [-0.3, -0.25) is 5.41 Å². The van der Waals surface area contributed by atoms with Crippen molar-refractivity contribution in [3.05, 3.63) is 58.6 Å². The van der Waals surface area contributed by atoms with Crippen LogP contribution in [0.1, 0.15) is 30.9 Å². The molecule has 3 nitrogen and oxygen atoms in total. The lowest BCUT2D eigenvalue weighted by Gasteiger charge is -2.12. The smallest absolute Gasteiger partial charge is 0.139 e. The van der Waals surface area contributed by atoms with Gasteiger partial charge in [-0.05, 0) is 35.7 Å². The Morgan fingerprint density at radius 2 is 1.95 bits per heavy atom. The van der Waals surface area contributed by atoms with E-state index in [-0.39, 0.29) is 5.84 Å². The molecule has 0 heterocycles. The Balaban J connectivity index is 2.36. The number of nitrogen functional groups attached to an aromatic ring is 1. The largest absolute Gasteiger partial charge is 0.457 e. The molecule has 3 N–H and O–H groups in total. The molecule has 2 aromatic carbocycles. The van der Waals surface area contributed by atoms with Crippen molar-refractivity contribution in [1.29, 1.82) is 5.41 Å². The van der Waals surface area contributed by atoms with E-state index in [0.29, 0.717) is 28.0 Å². The quantitative estimate of drug-likeness (QED) is 0.641. The van der Waals surface area contributed by atoms with Crippen molar-refractivity contribution in [3.63, 3.8) is 0 Å². The third-order valence-corrected chi connectivity index (χ3v) is 3.22. The van der Waals surface area contributed by atoms with Gasteiger partial charge < -0.3 is 10.5 Å². The van der Waals surface area contributed by atoms with Crippen LogP contribution in [0.3, 0.4) is 0 Å². The Morgan fingerprint density at radius 1 is 1.20 bits per heavy atom. The maximum atomic E-state index is 7.58. The third kappa shape index (κ3) is 3.31. The molecule has 0 spiro atoms. The summed E-state index contributed by atoms with van der Waals surface area (Å²) in [6.07, 6.45) is 0. The van der Waals surface area contributed by atoms with E-state index in [2.05, 4.69) is 19.9 Å². The van der Waals surface area contributed by atoms with Gasteiger partial charge in [-0.2, -0.15) is 0 Å². The number of ether oxygens (including phenoxy) is 1. The summed E-state index contributed by atoms with van der Waals surface area (Å²) in [6.45, 7) is 4.25. The highest BCUT2D eigenvalue weighted by Crippen LogP contribution is 2.29. The number of benzene rings is 2. The number of nitrogens with one attached hydrogen (secondary N) is 1. The minimum absolute atomic E-state index is 0.0447. The SMILES string of the molecule is CC(C)c1cccc(Oc2cc(Cl)ccc2C(=N)N)c1. The maximum Gasteiger partial charge on any atom is 0.139 e. The molecule has 0 aliphatic carbocycles. The highest BCUT2D eigenvalue weighted by molar-refractivity contribution is 6.30. The van der Waals surface area contributed by atoms with Gasteiger partial charge in [0.15, 0.2) is 0 Å². The standard InChI is InChI=1S/C16H17ClN2O/c1-10(2)11-4-3-5-13(8-11)20-15-9-12(17)6-7-14(15)16(18)19/h3-10H,1-2H3,(H3,18,19). The fourth-order valence-electron chi connectivity index (χ4n) is 1.87. The summed E-state index contributed by atoms with van der Waals surface area (Å²) in [7, 11) is 0. The van der Waals surface area contributed by atoms with Gasteiger partial charge in [0.25, 0.3) is 0 Å². The van der Waals surface area contributed by atoms with Crippen LogP contribution in [-0.4, -0.2) is 5.84 Å². The molecule has 2 rings (SSSR count). The van der Waals surface area contributed by atoms with Gasteiger partial charge in [-0.1, -0.05) is 37.6 Å². The van der Waals surface area contributed by atoms with Gasteiger partial charge >= 0.3 is 0 Å². The second-order valence-corrected chi connectivity index (χ2v) is 5.32. The lowest BCUT2D eigenvalue weighted by Crippen LogP contribution is -2.12. The highest BCUT2D eigenvalue weighted by atomic mass is 35.5. The summed E-state index contributed by atoms with van der Waals surface area (Å²) in [6, 6.07) is 12.9. The molecule has 0 aliphatic rings. The van der Waals surface area contributed by atoms with Gasteiger partial charge in [0.1, 0.15) is 17.3 Å². The summed E-state index contributed by atoms with van der Waals surface area (Å²) < 4.78 is 5.84. The van der Waals surface area contributed by atoms with Gasteiger partial charge in [0, 0.05) is 11.1 Å². The van der Waals surface area contributed by atoms with Crippen molar-refractivity contribution in [2.45, 2.75) is 19.8 Å². The molecule has 4 heteroatoms. The first-order valence-corrected chi connectivity index (χ1v) is 6.77. The molecule has 0 fully saturated rings. The molecule has 0 radical (unpaired) electrons. The van der Waals surface area contributed by atoms with Crippen LogP contribution >= 0.6 is 11.6 Å². The van der Waals surface area contributed by atoms with Crippen molar-refractivity contribution in [3.8, 4) is 11.5 Å². The van der Waals surface area contributed by atoms with Crippen molar-refractivity contribution in [2.75, 3.05) is 0 Å². The van der Waals surface area contributed by atoms with Crippen LogP contribution in [-0.2, 0) is 0 Å². The van der Waals surface area contributed by atoms with Crippen LogP contribution < -0.4 is 10.5 Å². The minimum Gasteiger partial charge on any atom is -0.457 e. The Morgan fingerprint density at radius 3 is 2.60 bits per heavy atom. The molecule has 0 atom stereocenters. The lowest BCUT2D eigenvalue weighted by molar-refractivity contribution is 0.480. The van der Waals surface area contributed by atoms with Gasteiger partial charge in [-0.15, -0.1) is 0 Å². The molecule has 0 amide bonds. The minimum atomic E-state index is -0.0447. The van der Waals surface area contributed by atoms with Crippen LogP contribution in [0.15, 0.2) is 42.5 Å². The number of amidine groups is 1. The van der Waals surface area contributed by atoms with E-state index in [0.717, 1.165) is 0 Å². The molecule has 20 heavy (non-hydrogen) atoms. The van der Waals surface area contributed by atoms with E-state index in [1.807, 2.05) is 18.2 Å². The maximum absolute atomic E-state index is 7.58. The average molecular weight is 289 g/mol. The van der Waals surface area contributed by atoms with Crippen LogP contribution in [0.5, 0.6) is 11.5 Å². The van der Waals surface area contributed by atoms with Crippen molar-refractivity contribution >= 4 is 17.4 Å². The molecule has 0 aliphatic heterocycles. The van der Waals surface area contributed by atoms with Crippen molar-refractivity contribution in [1.82, 2.24) is 0 Å². The number of hydrogen-bond donors (Lipinski definition) is 2. The molecule has 104 valence electrons. The van der Waals surface area contributed by atoms with E-state index in [1.165, 1.54) is 5.56 Å². The van der Waals surface area contributed by atoms with E-state index in [9.17, 15) is 0 Å². The second kappa shape index (κ2) is 5.97. The molecule has 0 unspecified atom stereocenters. The highest BCUT2D eigenvalue weighted by Gasteiger charge is 2.09. The van der Waals surface area contributed by atoms with Gasteiger partial charge in [0.2, 0.25) is 0 Å². The number of nitrogens with two attached hydrogens (primary N) is 1. The van der Waals surface area contributed by atoms with Crippen LogP contribution in [0, 0.1) is 5.41 Å². The van der Waals surface area contributed by atoms with E-state index in [4.69, 9.17) is 27.5 Å². The van der Waals surface area contributed by atoms with Crippen molar-refractivity contribution in [2.24, 2.45) is 5.73 Å². The van der Waals surface area contributed by atoms with Crippen LogP contribution in [0.2, 0.25) is 5.02 Å². The van der Waals surface area contributed by atoms with E-state index >= 15 is 0 Å². The first-order chi connectivity index (χ1) is 9.47. The topological polar surface area (TPSA) is 59.1 Å². The Kier molecular flexibility index (Phi) is 4.30. The number of rotatable bonds is 4. The molecule has 2 aromatic rings. The predicted octanol–water partition coefficient (Wildman–Crippen LogP) is 4.54. The normalized spacial score (nSPS) is 10.6. The first-order valence-electron chi connectivity index (χ1n) is 6.39. The summed E-state index contributed by atoms with van der Waals surface area (Å²) in [5.41, 5.74) is 7.28.